The van der Waals surface area contributed by atoms with Crippen LogP contribution in [0.2, 0.25) is 0 Å². The molecule has 23 heavy (non-hydrogen) atoms. The number of urea groups is 1. The third kappa shape index (κ3) is 5.35. The van der Waals surface area contributed by atoms with E-state index in [4.69, 9.17) is 5.26 Å². The molecule has 4 nitrogen and oxygen atoms in total. The van der Waals surface area contributed by atoms with Gasteiger partial charge in [-0.3, -0.25) is 0 Å². The number of hydrogen-bond acceptors (Lipinski definition) is 3. The molecule has 0 spiro atoms. The third-order valence-corrected chi connectivity index (χ3v) is 4.00. The van der Waals surface area contributed by atoms with Crippen molar-refractivity contribution in [2.45, 2.75) is 12.5 Å². The molecule has 118 valence electrons. The molecule has 0 aliphatic rings. The van der Waals surface area contributed by atoms with E-state index >= 15 is 0 Å². The van der Waals surface area contributed by atoms with Crippen LogP contribution in [0.4, 0.5) is 10.5 Å². The van der Waals surface area contributed by atoms with Crippen LogP contribution < -0.4 is 10.6 Å². The second-order valence-electron chi connectivity index (χ2n) is 5.05. The van der Waals surface area contributed by atoms with E-state index in [1.807, 2.05) is 48.7 Å². The van der Waals surface area contributed by atoms with Crippen LogP contribution in [0, 0.1) is 11.3 Å². The summed E-state index contributed by atoms with van der Waals surface area (Å²) in [6.45, 7) is 0. The molecule has 0 saturated carbocycles. The van der Waals surface area contributed by atoms with Gasteiger partial charge in [0.1, 0.15) is 0 Å². The Morgan fingerprint density at radius 3 is 2.48 bits per heavy atom. The second kappa shape index (κ2) is 8.86. The van der Waals surface area contributed by atoms with Gasteiger partial charge in [-0.1, -0.05) is 42.5 Å². The van der Waals surface area contributed by atoms with Crippen LogP contribution in [0.25, 0.3) is 0 Å². The highest BCUT2D eigenvalue weighted by Gasteiger charge is 2.13. The first-order valence-corrected chi connectivity index (χ1v) is 8.69. The van der Waals surface area contributed by atoms with Gasteiger partial charge in [0.05, 0.1) is 18.5 Å². The minimum absolute atomic E-state index is 0.0379. The SMILES string of the molecule is CSCC(NC(=O)Nc1ccc(CC#N)cc1)c1ccccc1. The normalized spacial score (nSPS) is 11.3. The average Bonchev–Trinajstić information content (AvgIpc) is 2.57. The van der Waals surface area contributed by atoms with Crippen molar-refractivity contribution in [1.82, 2.24) is 5.32 Å². The van der Waals surface area contributed by atoms with Crippen molar-refractivity contribution in [3.63, 3.8) is 0 Å². The van der Waals surface area contributed by atoms with Crippen LogP contribution in [0.1, 0.15) is 17.2 Å². The molecule has 2 aromatic rings. The standard InChI is InChI=1S/C18H19N3OS/c1-23-13-17(15-5-3-2-4-6-15)21-18(22)20-16-9-7-14(8-10-16)11-12-19/h2-10,17H,11,13H2,1H3,(H2,20,21,22). The number of thioether (sulfide) groups is 1. The zero-order chi connectivity index (χ0) is 16.5. The van der Waals surface area contributed by atoms with Crippen molar-refractivity contribution >= 4 is 23.5 Å². The van der Waals surface area contributed by atoms with E-state index in [1.54, 1.807) is 23.9 Å². The van der Waals surface area contributed by atoms with E-state index in [0.29, 0.717) is 12.1 Å². The number of hydrogen-bond donors (Lipinski definition) is 2. The predicted molar refractivity (Wildman–Crippen MR) is 95.5 cm³/mol. The van der Waals surface area contributed by atoms with Crippen LogP contribution in [-0.4, -0.2) is 18.0 Å². The smallest absolute Gasteiger partial charge is 0.319 e. The van der Waals surface area contributed by atoms with Gasteiger partial charge in [-0.15, -0.1) is 0 Å². The molecule has 2 rings (SSSR count). The summed E-state index contributed by atoms with van der Waals surface area (Å²) in [6.07, 6.45) is 2.39. The van der Waals surface area contributed by atoms with Crippen LogP contribution in [0.3, 0.4) is 0 Å². The van der Waals surface area contributed by atoms with E-state index in [1.165, 1.54) is 0 Å². The number of benzene rings is 2. The topological polar surface area (TPSA) is 64.9 Å². The van der Waals surface area contributed by atoms with Crippen LogP contribution >= 0.6 is 11.8 Å². The monoisotopic (exact) mass is 325 g/mol. The van der Waals surface area contributed by atoms with Crippen molar-refractivity contribution < 1.29 is 4.79 Å². The summed E-state index contributed by atoms with van der Waals surface area (Å²) in [5.74, 6) is 0.804. The van der Waals surface area contributed by atoms with E-state index < -0.39 is 0 Å². The number of nitriles is 1. The molecule has 2 N–H and O–H groups in total. The Bertz CT molecular complexity index is 665. The minimum Gasteiger partial charge on any atom is -0.330 e. The predicted octanol–water partition coefficient (Wildman–Crippen LogP) is 3.98. The first-order valence-electron chi connectivity index (χ1n) is 7.30. The molecule has 0 fully saturated rings. The molecule has 0 bridgehead atoms. The van der Waals surface area contributed by atoms with Gasteiger partial charge >= 0.3 is 6.03 Å². The van der Waals surface area contributed by atoms with Gasteiger partial charge in [0.25, 0.3) is 0 Å². The number of carbonyl (C=O) groups is 1. The highest BCUT2D eigenvalue weighted by Crippen LogP contribution is 2.17. The quantitative estimate of drug-likeness (QED) is 0.844. The number of rotatable bonds is 6. The van der Waals surface area contributed by atoms with Crippen molar-refractivity contribution in [2.75, 3.05) is 17.3 Å². The van der Waals surface area contributed by atoms with Gasteiger partial charge in [0.15, 0.2) is 0 Å². The van der Waals surface area contributed by atoms with Gasteiger partial charge < -0.3 is 10.6 Å². The molecular formula is C18H19N3OS. The summed E-state index contributed by atoms with van der Waals surface area (Å²) in [6, 6.07) is 19.0. The number of nitrogens with one attached hydrogen (secondary N) is 2. The lowest BCUT2D eigenvalue weighted by atomic mass is 10.1. The number of nitrogens with zero attached hydrogens (tertiary/aromatic N) is 1. The molecule has 0 saturated heterocycles. The highest BCUT2D eigenvalue weighted by atomic mass is 32.2. The lowest BCUT2D eigenvalue weighted by molar-refractivity contribution is 0.249. The third-order valence-electron chi connectivity index (χ3n) is 3.34. The zero-order valence-electron chi connectivity index (χ0n) is 13.0. The van der Waals surface area contributed by atoms with Crippen LogP contribution in [0.5, 0.6) is 0 Å². The Hall–Kier alpha value is -2.45. The molecule has 0 aromatic heterocycles. The lowest BCUT2D eigenvalue weighted by Crippen LogP contribution is -2.33. The molecule has 2 amide bonds. The maximum atomic E-state index is 12.2. The summed E-state index contributed by atoms with van der Waals surface area (Å²) in [5.41, 5.74) is 2.73. The maximum absolute atomic E-state index is 12.2. The first kappa shape index (κ1) is 16.9. The Morgan fingerprint density at radius 1 is 1.17 bits per heavy atom. The molecule has 2 aromatic carbocycles. The van der Waals surface area contributed by atoms with E-state index in [0.717, 1.165) is 16.9 Å². The number of amides is 2. The summed E-state index contributed by atoms with van der Waals surface area (Å²) in [7, 11) is 0. The fraction of sp³-hybridized carbons (Fsp3) is 0.222. The molecule has 0 heterocycles. The first-order chi connectivity index (χ1) is 11.2. The fourth-order valence-electron chi connectivity index (χ4n) is 2.20. The maximum Gasteiger partial charge on any atom is 0.319 e. The fourth-order valence-corrected chi connectivity index (χ4v) is 2.80. The molecule has 1 unspecified atom stereocenters. The van der Waals surface area contributed by atoms with Crippen molar-refractivity contribution in [1.29, 1.82) is 5.26 Å². The Kier molecular flexibility index (Phi) is 6.52. The molecule has 5 heteroatoms. The minimum atomic E-state index is -0.235. The van der Waals surface area contributed by atoms with Crippen LogP contribution in [0.15, 0.2) is 54.6 Å². The zero-order valence-corrected chi connectivity index (χ0v) is 13.8. The molecular weight excluding hydrogens is 306 g/mol. The molecule has 0 aliphatic heterocycles. The summed E-state index contributed by atoms with van der Waals surface area (Å²) in [5, 5.41) is 14.5. The summed E-state index contributed by atoms with van der Waals surface area (Å²) in [4.78, 5) is 12.2. The van der Waals surface area contributed by atoms with Gasteiger partial charge in [-0.05, 0) is 29.5 Å². The van der Waals surface area contributed by atoms with Crippen molar-refractivity contribution in [2.24, 2.45) is 0 Å². The highest BCUT2D eigenvalue weighted by molar-refractivity contribution is 7.98. The van der Waals surface area contributed by atoms with E-state index in [-0.39, 0.29) is 12.1 Å². The second-order valence-corrected chi connectivity index (χ2v) is 5.96. The Labute approximate surface area is 140 Å². The molecule has 0 aliphatic carbocycles. The van der Waals surface area contributed by atoms with Gasteiger partial charge in [0, 0.05) is 11.4 Å². The average molecular weight is 325 g/mol. The Balaban J connectivity index is 1.98. The van der Waals surface area contributed by atoms with Crippen molar-refractivity contribution in [3.05, 3.63) is 65.7 Å². The van der Waals surface area contributed by atoms with Gasteiger partial charge in [-0.25, -0.2) is 4.79 Å². The number of carbonyl (C=O) groups excluding carboxylic acids is 1. The van der Waals surface area contributed by atoms with Crippen molar-refractivity contribution in [3.8, 4) is 6.07 Å². The lowest BCUT2D eigenvalue weighted by Gasteiger charge is -2.18. The largest absolute Gasteiger partial charge is 0.330 e. The number of anilines is 1. The molecule has 1 atom stereocenters. The van der Waals surface area contributed by atoms with E-state index in [9.17, 15) is 4.79 Å². The molecule has 0 radical (unpaired) electrons. The van der Waals surface area contributed by atoms with Gasteiger partial charge in [-0.2, -0.15) is 17.0 Å². The van der Waals surface area contributed by atoms with Crippen LogP contribution in [-0.2, 0) is 6.42 Å². The van der Waals surface area contributed by atoms with E-state index in [2.05, 4.69) is 16.7 Å². The summed E-state index contributed by atoms with van der Waals surface area (Å²) >= 11 is 1.69. The summed E-state index contributed by atoms with van der Waals surface area (Å²) < 4.78 is 0. The van der Waals surface area contributed by atoms with Gasteiger partial charge in [0.2, 0.25) is 0 Å². The Morgan fingerprint density at radius 2 is 1.87 bits per heavy atom.